The van der Waals surface area contributed by atoms with Crippen molar-refractivity contribution in [1.29, 1.82) is 0 Å². The Morgan fingerprint density at radius 2 is 1.93 bits per heavy atom. The summed E-state index contributed by atoms with van der Waals surface area (Å²) in [5.41, 5.74) is 1.10. The fourth-order valence-electron chi connectivity index (χ4n) is 1.93. The second-order valence-electron chi connectivity index (χ2n) is 3.69. The van der Waals surface area contributed by atoms with Gasteiger partial charge in [-0.3, -0.25) is 0 Å². The van der Waals surface area contributed by atoms with Gasteiger partial charge in [0.1, 0.15) is 0 Å². The minimum Gasteiger partial charge on any atom is -0.545 e. The number of allylic oxidation sites excluding steroid dienone is 3. The van der Waals surface area contributed by atoms with E-state index in [1.165, 1.54) is 12.2 Å². The Bertz CT molecular complexity index is 426. The second-order valence-corrected chi connectivity index (χ2v) is 3.69. The highest BCUT2D eigenvalue weighted by atomic mass is 16.4. The molecule has 0 aromatic rings. The lowest BCUT2D eigenvalue weighted by Gasteiger charge is -2.17. The maximum Gasteiger partial charge on any atom is 0.0712 e. The molecule has 0 saturated heterocycles. The average Bonchev–Trinajstić information content (AvgIpc) is 2.59. The maximum absolute atomic E-state index is 10.6. The normalized spacial score (nSPS) is 23.7. The fourth-order valence-corrected chi connectivity index (χ4v) is 1.93. The number of carbonyl (C=O) groups is 2. The van der Waals surface area contributed by atoms with Gasteiger partial charge in [0.05, 0.1) is 11.9 Å². The molecule has 1 unspecified atom stereocenters. The molecular weight excluding hydrogens is 196 g/mol. The summed E-state index contributed by atoms with van der Waals surface area (Å²) in [5, 5.41) is 21.2. The van der Waals surface area contributed by atoms with Crippen molar-refractivity contribution in [2.24, 2.45) is 5.92 Å². The topological polar surface area (TPSA) is 80.3 Å². The Kier molecular flexibility index (Phi) is 2.19. The number of carbonyl (C=O) groups excluding carboxylic acids is 2. The van der Waals surface area contributed by atoms with Crippen LogP contribution in [0.15, 0.2) is 34.9 Å². The number of aliphatic carboxylic acids is 2. The van der Waals surface area contributed by atoms with E-state index in [0.29, 0.717) is 12.8 Å². The van der Waals surface area contributed by atoms with E-state index in [-0.39, 0.29) is 17.1 Å². The number of carboxylic acids is 2. The van der Waals surface area contributed by atoms with Gasteiger partial charge in [-0.1, -0.05) is 12.2 Å². The molecule has 0 heterocycles. The van der Waals surface area contributed by atoms with E-state index in [1.54, 1.807) is 6.08 Å². The molecule has 2 rings (SSSR count). The number of hydrogen-bond donors (Lipinski definition) is 0. The number of rotatable bonds is 2. The van der Waals surface area contributed by atoms with Crippen LogP contribution in [0.1, 0.15) is 12.8 Å². The van der Waals surface area contributed by atoms with Crippen molar-refractivity contribution in [2.75, 3.05) is 0 Å². The summed E-state index contributed by atoms with van der Waals surface area (Å²) in [6.45, 7) is 0. The molecule has 2 aliphatic rings. The van der Waals surface area contributed by atoms with E-state index in [1.807, 2.05) is 0 Å². The molecule has 0 radical (unpaired) electrons. The SMILES string of the molecule is O=C([O-])C1=CCC2CC(C(=O)[O-])=CC2=C1. The first-order valence-corrected chi connectivity index (χ1v) is 4.63. The van der Waals surface area contributed by atoms with Crippen molar-refractivity contribution in [1.82, 2.24) is 0 Å². The van der Waals surface area contributed by atoms with E-state index in [2.05, 4.69) is 0 Å². The smallest absolute Gasteiger partial charge is 0.0712 e. The van der Waals surface area contributed by atoms with Crippen molar-refractivity contribution >= 4 is 11.9 Å². The minimum absolute atomic E-state index is 0.0843. The zero-order valence-corrected chi connectivity index (χ0v) is 7.86. The Hall–Kier alpha value is -1.84. The van der Waals surface area contributed by atoms with Gasteiger partial charge in [-0.25, -0.2) is 0 Å². The van der Waals surface area contributed by atoms with Gasteiger partial charge in [-0.2, -0.15) is 0 Å². The molecule has 2 aliphatic carbocycles. The zero-order chi connectivity index (χ0) is 11.0. The molecule has 0 aromatic heterocycles. The number of fused-ring (bicyclic) bond motifs is 1. The molecule has 0 aliphatic heterocycles. The average molecular weight is 204 g/mol. The predicted molar refractivity (Wildman–Crippen MR) is 47.0 cm³/mol. The second kappa shape index (κ2) is 3.38. The quantitative estimate of drug-likeness (QED) is 0.559. The van der Waals surface area contributed by atoms with E-state index < -0.39 is 11.9 Å². The van der Waals surface area contributed by atoms with Crippen LogP contribution < -0.4 is 10.2 Å². The summed E-state index contributed by atoms with van der Waals surface area (Å²) in [6.07, 6.45) is 5.50. The molecule has 0 fully saturated rings. The van der Waals surface area contributed by atoms with Gasteiger partial charge in [-0.15, -0.1) is 0 Å². The molecule has 78 valence electrons. The van der Waals surface area contributed by atoms with Gasteiger partial charge in [0.25, 0.3) is 0 Å². The van der Waals surface area contributed by atoms with Crippen LogP contribution >= 0.6 is 0 Å². The van der Waals surface area contributed by atoms with Gasteiger partial charge < -0.3 is 19.8 Å². The summed E-state index contributed by atoms with van der Waals surface area (Å²) in [4.78, 5) is 21.2. The van der Waals surface area contributed by atoms with Gasteiger partial charge >= 0.3 is 0 Å². The maximum atomic E-state index is 10.6. The standard InChI is InChI=1S/C11H10O4/c12-10(13)7-2-1-6-3-9(11(14)15)5-8(6)4-7/h2,4-6H,1,3H2,(H,12,13)(H,14,15)/p-2. The molecule has 4 heteroatoms. The van der Waals surface area contributed by atoms with Crippen molar-refractivity contribution in [3.63, 3.8) is 0 Å². The van der Waals surface area contributed by atoms with Crippen molar-refractivity contribution < 1.29 is 19.8 Å². The van der Waals surface area contributed by atoms with Crippen LogP contribution in [0.5, 0.6) is 0 Å². The van der Waals surface area contributed by atoms with Crippen LogP contribution in [0.2, 0.25) is 0 Å². The lowest BCUT2D eigenvalue weighted by Crippen LogP contribution is -2.25. The van der Waals surface area contributed by atoms with Crippen LogP contribution in [-0.4, -0.2) is 11.9 Å². The lowest BCUT2D eigenvalue weighted by molar-refractivity contribution is -0.300. The Labute approximate surface area is 86.2 Å². The summed E-state index contributed by atoms with van der Waals surface area (Å²) < 4.78 is 0. The van der Waals surface area contributed by atoms with Crippen LogP contribution in [0.4, 0.5) is 0 Å². The van der Waals surface area contributed by atoms with E-state index in [9.17, 15) is 19.8 Å². The molecule has 0 spiro atoms. The summed E-state index contributed by atoms with van der Waals surface area (Å²) in [6, 6.07) is 0. The van der Waals surface area contributed by atoms with Crippen LogP contribution in [0.3, 0.4) is 0 Å². The Morgan fingerprint density at radius 1 is 1.20 bits per heavy atom. The predicted octanol–water partition coefficient (Wildman–Crippen LogP) is -1.31. The van der Waals surface area contributed by atoms with E-state index in [0.717, 1.165) is 5.57 Å². The number of hydrogen-bond acceptors (Lipinski definition) is 4. The number of carboxylic acid groups (broad SMARTS) is 2. The summed E-state index contributed by atoms with van der Waals surface area (Å²) in [5.74, 6) is -2.32. The first-order valence-electron chi connectivity index (χ1n) is 4.63. The molecule has 4 nitrogen and oxygen atoms in total. The van der Waals surface area contributed by atoms with Gasteiger partial charge in [0.2, 0.25) is 0 Å². The van der Waals surface area contributed by atoms with E-state index in [4.69, 9.17) is 0 Å². The molecular formula is C11H8O4-2. The monoisotopic (exact) mass is 204 g/mol. The Morgan fingerprint density at radius 3 is 2.53 bits per heavy atom. The van der Waals surface area contributed by atoms with Gasteiger partial charge in [0.15, 0.2) is 0 Å². The van der Waals surface area contributed by atoms with Gasteiger partial charge in [0, 0.05) is 0 Å². The first-order chi connectivity index (χ1) is 7.08. The highest BCUT2D eigenvalue weighted by Crippen LogP contribution is 2.36. The van der Waals surface area contributed by atoms with Crippen molar-refractivity contribution in [2.45, 2.75) is 12.8 Å². The largest absolute Gasteiger partial charge is 0.545 e. The van der Waals surface area contributed by atoms with E-state index >= 15 is 0 Å². The molecule has 1 atom stereocenters. The van der Waals surface area contributed by atoms with Gasteiger partial charge in [-0.05, 0) is 41.6 Å². The zero-order valence-electron chi connectivity index (χ0n) is 7.86. The molecule has 0 saturated carbocycles. The first kappa shape index (κ1) is 9.71. The Balaban J connectivity index is 2.28. The lowest BCUT2D eigenvalue weighted by atomic mass is 9.90. The third-order valence-corrected chi connectivity index (χ3v) is 2.72. The molecule has 0 aromatic carbocycles. The molecule has 0 N–H and O–H groups in total. The van der Waals surface area contributed by atoms with Crippen molar-refractivity contribution in [3.8, 4) is 0 Å². The molecule has 0 amide bonds. The summed E-state index contributed by atoms with van der Waals surface area (Å²) in [7, 11) is 0. The highest BCUT2D eigenvalue weighted by molar-refractivity contribution is 5.90. The van der Waals surface area contributed by atoms with Crippen LogP contribution in [0, 0.1) is 5.92 Å². The summed E-state index contributed by atoms with van der Waals surface area (Å²) >= 11 is 0. The van der Waals surface area contributed by atoms with Crippen molar-refractivity contribution in [3.05, 3.63) is 34.9 Å². The van der Waals surface area contributed by atoms with Crippen LogP contribution in [0.25, 0.3) is 0 Å². The highest BCUT2D eigenvalue weighted by Gasteiger charge is 2.24. The van der Waals surface area contributed by atoms with Crippen LogP contribution in [-0.2, 0) is 9.59 Å². The molecule has 15 heavy (non-hydrogen) atoms. The third kappa shape index (κ3) is 1.70. The molecule has 0 bridgehead atoms. The third-order valence-electron chi connectivity index (χ3n) is 2.72. The fraction of sp³-hybridized carbons (Fsp3) is 0.273. The minimum atomic E-state index is -1.23.